The number of alkyl halides is 1. The van der Waals surface area contributed by atoms with E-state index < -0.39 is 17.7 Å². The van der Waals surface area contributed by atoms with Crippen molar-refractivity contribution in [1.82, 2.24) is 24.9 Å². The first kappa shape index (κ1) is 22.1. The lowest BCUT2D eigenvalue weighted by molar-refractivity contribution is -0.00177. The number of aromatic nitrogens is 4. The van der Waals surface area contributed by atoms with Gasteiger partial charge in [-0.1, -0.05) is 0 Å². The van der Waals surface area contributed by atoms with Crippen LogP contribution >= 0.6 is 0 Å². The first-order valence-corrected chi connectivity index (χ1v) is 10.6. The van der Waals surface area contributed by atoms with Crippen LogP contribution in [0.3, 0.4) is 0 Å². The van der Waals surface area contributed by atoms with E-state index in [1.54, 1.807) is 35.2 Å². The summed E-state index contributed by atoms with van der Waals surface area (Å²) in [5, 5.41) is 20.1. The normalized spacial score (nSPS) is 16.1. The average Bonchev–Trinajstić information content (AvgIpc) is 3.21. The molecule has 3 aromatic heterocycles. The maximum Gasteiger partial charge on any atom is 0.255 e. The third kappa shape index (κ3) is 4.86. The molecule has 3 N–H and O–H groups in total. The maximum atomic E-state index is 14.1. The van der Waals surface area contributed by atoms with Gasteiger partial charge in [-0.3, -0.25) is 9.78 Å². The first-order chi connectivity index (χ1) is 15.3. The van der Waals surface area contributed by atoms with E-state index in [2.05, 4.69) is 25.7 Å². The smallest absolute Gasteiger partial charge is 0.255 e. The lowest BCUT2D eigenvalue weighted by Gasteiger charge is -2.26. The van der Waals surface area contributed by atoms with Crippen LogP contribution in [0.25, 0.3) is 16.9 Å². The van der Waals surface area contributed by atoms with Crippen LogP contribution in [-0.4, -0.2) is 68.2 Å². The molecule has 3 aromatic rings. The van der Waals surface area contributed by atoms with E-state index in [1.165, 1.54) is 20.0 Å². The van der Waals surface area contributed by atoms with Gasteiger partial charge in [0.15, 0.2) is 5.65 Å². The number of fused-ring (bicyclic) bond motifs is 1. The Morgan fingerprint density at radius 2 is 2.12 bits per heavy atom. The molecule has 32 heavy (non-hydrogen) atoms. The number of nitrogens with zero attached hydrogens (tertiary/aromatic N) is 4. The number of aliphatic hydroxyl groups is 1. The number of hydrogen-bond acceptors (Lipinski definition) is 7. The summed E-state index contributed by atoms with van der Waals surface area (Å²) < 4.78 is 21.2. The van der Waals surface area contributed by atoms with Gasteiger partial charge in [-0.2, -0.15) is 5.10 Å². The van der Waals surface area contributed by atoms with Crippen molar-refractivity contribution in [2.75, 3.05) is 25.1 Å². The minimum absolute atomic E-state index is 0.137. The van der Waals surface area contributed by atoms with Crippen LogP contribution in [0.15, 0.2) is 36.9 Å². The van der Waals surface area contributed by atoms with Crippen LogP contribution in [-0.2, 0) is 4.74 Å². The lowest BCUT2D eigenvalue weighted by atomic mass is 10.0. The number of rotatable bonds is 7. The van der Waals surface area contributed by atoms with Gasteiger partial charge in [-0.15, -0.1) is 0 Å². The molecule has 1 atom stereocenters. The van der Waals surface area contributed by atoms with Crippen LogP contribution in [0.4, 0.5) is 10.1 Å². The third-order valence-electron chi connectivity index (χ3n) is 5.49. The molecule has 1 aliphatic heterocycles. The fourth-order valence-corrected chi connectivity index (χ4v) is 3.50. The molecule has 1 aliphatic rings. The molecule has 0 bridgehead atoms. The summed E-state index contributed by atoms with van der Waals surface area (Å²) in [5.74, 6) is -0.469. The minimum Gasteiger partial charge on any atom is -0.387 e. The molecule has 0 saturated carbocycles. The highest BCUT2D eigenvalue weighted by Crippen LogP contribution is 2.27. The molecule has 1 unspecified atom stereocenters. The van der Waals surface area contributed by atoms with Gasteiger partial charge < -0.3 is 20.5 Å². The molecule has 4 heterocycles. The van der Waals surface area contributed by atoms with E-state index in [1.807, 2.05) is 0 Å². The molecular formula is C22H27FN6O3. The Hall–Kier alpha value is -3.11. The zero-order valence-electron chi connectivity index (χ0n) is 18.1. The van der Waals surface area contributed by atoms with Crippen molar-refractivity contribution in [2.24, 2.45) is 0 Å². The summed E-state index contributed by atoms with van der Waals surface area (Å²) in [4.78, 5) is 21.7. The quantitative estimate of drug-likeness (QED) is 0.514. The summed E-state index contributed by atoms with van der Waals surface area (Å²) >= 11 is 0. The molecule has 0 radical (unpaired) electrons. The number of nitrogens with one attached hydrogen (secondary N) is 2. The Balaban J connectivity index is 1.63. The molecule has 4 rings (SSSR count). The van der Waals surface area contributed by atoms with E-state index in [0.717, 1.165) is 18.4 Å². The van der Waals surface area contributed by atoms with Crippen molar-refractivity contribution in [3.8, 4) is 11.3 Å². The van der Waals surface area contributed by atoms with Gasteiger partial charge >= 0.3 is 0 Å². The standard InChI is InChI=1S/C22H27FN6O3/c1-22(2,31)19(23)13-26-21(30)16-11-25-17(10-18(16)28-14-4-8-32-9-5-14)15-12-27-29-7-3-6-24-20(15)29/h3,6-7,10-12,14,19,31H,4-5,8-9,13H2,1-2H3,(H,25,28)(H,26,30). The summed E-state index contributed by atoms with van der Waals surface area (Å²) in [6.45, 7) is 3.71. The second-order valence-electron chi connectivity index (χ2n) is 8.42. The SMILES string of the molecule is CC(C)(O)C(F)CNC(=O)c1cnc(-c2cnn3cccnc23)cc1NC1CCOCC1. The summed E-state index contributed by atoms with van der Waals surface area (Å²) in [5.41, 5.74) is 1.35. The molecular weight excluding hydrogens is 415 g/mol. The lowest BCUT2D eigenvalue weighted by Crippen LogP contribution is -2.42. The zero-order valence-corrected chi connectivity index (χ0v) is 18.1. The van der Waals surface area contributed by atoms with Gasteiger partial charge in [0.25, 0.3) is 5.91 Å². The number of hydrogen-bond donors (Lipinski definition) is 3. The van der Waals surface area contributed by atoms with Crippen LogP contribution < -0.4 is 10.6 Å². The summed E-state index contributed by atoms with van der Waals surface area (Å²) in [6.07, 6.45) is 6.64. The van der Waals surface area contributed by atoms with Crippen molar-refractivity contribution in [2.45, 2.75) is 44.5 Å². The predicted molar refractivity (Wildman–Crippen MR) is 117 cm³/mol. The van der Waals surface area contributed by atoms with Crippen molar-refractivity contribution < 1.29 is 19.0 Å². The van der Waals surface area contributed by atoms with Crippen LogP contribution in [0.1, 0.15) is 37.0 Å². The van der Waals surface area contributed by atoms with Crippen molar-refractivity contribution in [3.63, 3.8) is 0 Å². The number of pyridine rings is 1. The fraction of sp³-hybridized carbons (Fsp3) is 0.455. The van der Waals surface area contributed by atoms with Crippen molar-refractivity contribution in [1.29, 1.82) is 0 Å². The highest BCUT2D eigenvalue weighted by Gasteiger charge is 2.27. The third-order valence-corrected chi connectivity index (χ3v) is 5.49. The van der Waals surface area contributed by atoms with Gasteiger partial charge in [0, 0.05) is 37.8 Å². The largest absolute Gasteiger partial charge is 0.387 e. The number of anilines is 1. The monoisotopic (exact) mass is 442 g/mol. The number of carbonyl (C=O) groups excluding carboxylic acids is 1. The molecule has 9 nitrogen and oxygen atoms in total. The topological polar surface area (TPSA) is 114 Å². The van der Waals surface area contributed by atoms with Gasteiger partial charge in [-0.05, 0) is 38.8 Å². The molecule has 1 saturated heterocycles. The zero-order chi connectivity index (χ0) is 22.7. The van der Waals surface area contributed by atoms with Crippen LogP contribution in [0.5, 0.6) is 0 Å². The van der Waals surface area contributed by atoms with E-state index in [-0.39, 0.29) is 12.6 Å². The molecule has 1 amide bonds. The Labute approximate surface area is 185 Å². The average molecular weight is 442 g/mol. The Kier molecular flexibility index (Phi) is 6.33. The highest BCUT2D eigenvalue weighted by molar-refractivity contribution is 6.00. The summed E-state index contributed by atoms with van der Waals surface area (Å²) in [7, 11) is 0. The fourth-order valence-electron chi connectivity index (χ4n) is 3.50. The molecule has 0 aliphatic carbocycles. The highest BCUT2D eigenvalue weighted by atomic mass is 19.1. The Bertz CT molecular complexity index is 1090. The second kappa shape index (κ2) is 9.17. The number of ether oxygens (including phenoxy) is 1. The first-order valence-electron chi connectivity index (χ1n) is 10.6. The van der Waals surface area contributed by atoms with Gasteiger partial charge in [0.2, 0.25) is 0 Å². The molecule has 10 heteroatoms. The van der Waals surface area contributed by atoms with Gasteiger partial charge in [0.05, 0.1) is 40.9 Å². The Morgan fingerprint density at radius 1 is 1.34 bits per heavy atom. The van der Waals surface area contributed by atoms with E-state index in [9.17, 15) is 14.3 Å². The van der Waals surface area contributed by atoms with E-state index in [4.69, 9.17) is 4.74 Å². The number of carbonyl (C=O) groups is 1. The molecule has 0 spiro atoms. The van der Waals surface area contributed by atoms with Crippen LogP contribution in [0, 0.1) is 0 Å². The van der Waals surface area contributed by atoms with Gasteiger partial charge in [0.1, 0.15) is 6.17 Å². The van der Waals surface area contributed by atoms with Crippen LogP contribution in [0.2, 0.25) is 0 Å². The van der Waals surface area contributed by atoms with E-state index >= 15 is 0 Å². The number of amides is 1. The Morgan fingerprint density at radius 3 is 2.88 bits per heavy atom. The maximum absolute atomic E-state index is 14.1. The predicted octanol–water partition coefficient (Wildman–Crippen LogP) is 2.22. The molecule has 170 valence electrons. The minimum atomic E-state index is -1.60. The summed E-state index contributed by atoms with van der Waals surface area (Å²) in [6, 6.07) is 3.71. The second-order valence-corrected chi connectivity index (χ2v) is 8.42. The van der Waals surface area contributed by atoms with Crippen molar-refractivity contribution in [3.05, 3.63) is 42.5 Å². The van der Waals surface area contributed by atoms with Crippen molar-refractivity contribution >= 4 is 17.2 Å². The van der Waals surface area contributed by atoms with Gasteiger partial charge in [-0.25, -0.2) is 13.9 Å². The molecule has 1 fully saturated rings. The molecule has 0 aromatic carbocycles. The number of halogens is 1. The van der Waals surface area contributed by atoms with E-state index in [0.29, 0.717) is 35.8 Å².